The highest BCUT2D eigenvalue weighted by atomic mass is 79.9. The Labute approximate surface area is 118 Å². The lowest BCUT2D eigenvalue weighted by Crippen LogP contribution is -2.09. The monoisotopic (exact) mass is 346 g/mol. The van der Waals surface area contributed by atoms with Crippen molar-refractivity contribution in [2.24, 2.45) is 0 Å². The van der Waals surface area contributed by atoms with Crippen LogP contribution in [0.15, 0.2) is 45.1 Å². The zero-order chi connectivity index (χ0) is 13.1. The highest BCUT2D eigenvalue weighted by Crippen LogP contribution is 2.23. The molecular weight excluding hydrogens is 339 g/mol. The Morgan fingerprint density at radius 1 is 1.22 bits per heavy atom. The predicted octanol–water partition coefficient (Wildman–Crippen LogP) is 3.64. The molecule has 0 aliphatic heterocycles. The number of carbonyl (C=O) groups is 1. The molecule has 1 atom stereocenters. The van der Waals surface area contributed by atoms with Gasteiger partial charge in [0.1, 0.15) is 5.82 Å². The van der Waals surface area contributed by atoms with Gasteiger partial charge in [0.15, 0.2) is 5.78 Å². The molecule has 0 bridgehead atoms. The van der Waals surface area contributed by atoms with Gasteiger partial charge in [0.05, 0.1) is 25.2 Å². The fraction of sp³-hybridized carbons (Fsp3) is 0.0833. The van der Waals surface area contributed by atoms with Crippen LogP contribution in [0.4, 0.5) is 4.39 Å². The number of ketones is 1. The van der Waals surface area contributed by atoms with E-state index in [0.717, 1.165) is 3.79 Å². The third kappa shape index (κ3) is 3.34. The second-order valence-electron chi connectivity index (χ2n) is 3.47. The second-order valence-corrected chi connectivity index (χ2v) is 7.38. The highest BCUT2D eigenvalue weighted by Gasteiger charge is 2.14. The third-order valence-electron chi connectivity index (χ3n) is 2.19. The zero-order valence-corrected chi connectivity index (χ0v) is 12.3. The Balaban J connectivity index is 2.08. The fourth-order valence-electron chi connectivity index (χ4n) is 1.32. The number of hydrogen-bond acceptors (Lipinski definition) is 3. The van der Waals surface area contributed by atoms with Crippen molar-refractivity contribution in [3.05, 3.63) is 50.9 Å². The van der Waals surface area contributed by atoms with E-state index in [4.69, 9.17) is 0 Å². The molecule has 1 aromatic heterocycles. The van der Waals surface area contributed by atoms with E-state index in [0.29, 0.717) is 9.77 Å². The number of rotatable bonds is 4. The molecule has 0 radical (unpaired) electrons. The van der Waals surface area contributed by atoms with Crippen LogP contribution < -0.4 is 0 Å². The summed E-state index contributed by atoms with van der Waals surface area (Å²) in [6.45, 7) is 0. The summed E-state index contributed by atoms with van der Waals surface area (Å²) in [5.41, 5.74) is 0. The SMILES string of the molecule is O=C(CS(=O)c1ccc(F)cc1)c1ccc(Br)s1. The van der Waals surface area contributed by atoms with Gasteiger partial charge in [-0.15, -0.1) is 11.3 Å². The minimum atomic E-state index is -1.44. The van der Waals surface area contributed by atoms with E-state index in [2.05, 4.69) is 15.9 Å². The van der Waals surface area contributed by atoms with E-state index in [9.17, 15) is 13.4 Å². The molecule has 0 fully saturated rings. The molecule has 2 rings (SSSR count). The Bertz CT molecular complexity index is 592. The summed E-state index contributed by atoms with van der Waals surface area (Å²) in [6, 6.07) is 8.81. The summed E-state index contributed by atoms with van der Waals surface area (Å²) in [5.74, 6) is -0.642. The normalized spacial score (nSPS) is 12.3. The molecule has 1 unspecified atom stereocenters. The van der Waals surface area contributed by atoms with Crippen molar-refractivity contribution in [2.45, 2.75) is 4.90 Å². The molecular formula is C12H8BrFO2S2. The van der Waals surface area contributed by atoms with Gasteiger partial charge in [-0.2, -0.15) is 0 Å². The van der Waals surface area contributed by atoms with Crippen LogP contribution in [0.2, 0.25) is 0 Å². The topological polar surface area (TPSA) is 34.1 Å². The van der Waals surface area contributed by atoms with Gasteiger partial charge in [0.2, 0.25) is 0 Å². The summed E-state index contributed by atoms with van der Waals surface area (Å²) in [6.07, 6.45) is 0. The van der Waals surface area contributed by atoms with Gasteiger partial charge in [0.25, 0.3) is 0 Å². The van der Waals surface area contributed by atoms with Gasteiger partial charge in [-0.1, -0.05) is 0 Å². The molecule has 2 aromatic rings. The lowest BCUT2D eigenvalue weighted by molar-refractivity contribution is 0.102. The van der Waals surface area contributed by atoms with E-state index in [1.54, 1.807) is 12.1 Å². The molecule has 0 N–H and O–H groups in total. The molecule has 1 heterocycles. The molecule has 0 spiro atoms. The van der Waals surface area contributed by atoms with Gasteiger partial charge in [0, 0.05) is 4.90 Å². The number of thiophene rings is 1. The van der Waals surface area contributed by atoms with Crippen molar-refractivity contribution in [3.63, 3.8) is 0 Å². The van der Waals surface area contributed by atoms with Gasteiger partial charge in [-0.05, 0) is 52.3 Å². The zero-order valence-electron chi connectivity index (χ0n) is 9.06. The van der Waals surface area contributed by atoms with E-state index < -0.39 is 10.8 Å². The van der Waals surface area contributed by atoms with Gasteiger partial charge in [-0.3, -0.25) is 9.00 Å². The minimum absolute atomic E-state index is 0.0847. The summed E-state index contributed by atoms with van der Waals surface area (Å²) in [4.78, 5) is 12.9. The summed E-state index contributed by atoms with van der Waals surface area (Å²) < 4.78 is 25.5. The first kappa shape index (κ1) is 13.6. The van der Waals surface area contributed by atoms with Crippen LogP contribution in [-0.4, -0.2) is 15.7 Å². The highest BCUT2D eigenvalue weighted by molar-refractivity contribution is 9.11. The Kier molecular flexibility index (Phi) is 4.42. The van der Waals surface area contributed by atoms with Crippen molar-refractivity contribution in [2.75, 3.05) is 5.75 Å². The first-order chi connectivity index (χ1) is 8.56. The summed E-state index contributed by atoms with van der Waals surface area (Å²) in [5, 5.41) is 0. The van der Waals surface area contributed by atoms with E-state index in [1.165, 1.54) is 35.6 Å². The number of halogens is 2. The van der Waals surface area contributed by atoms with E-state index in [-0.39, 0.29) is 17.4 Å². The van der Waals surface area contributed by atoms with Crippen molar-refractivity contribution in [3.8, 4) is 0 Å². The van der Waals surface area contributed by atoms with Crippen LogP contribution in [0, 0.1) is 5.82 Å². The lowest BCUT2D eigenvalue weighted by atomic mass is 10.3. The molecule has 6 heteroatoms. The molecule has 0 amide bonds. The average Bonchev–Trinajstić information content (AvgIpc) is 2.76. The van der Waals surface area contributed by atoms with Crippen LogP contribution in [0.5, 0.6) is 0 Å². The lowest BCUT2D eigenvalue weighted by Gasteiger charge is -2.00. The molecule has 18 heavy (non-hydrogen) atoms. The van der Waals surface area contributed by atoms with Crippen molar-refractivity contribution >= 4 is 43.8 Å². The second kappa shape index (κ2) is 5.86. The number of hydrogen-bond donors (Lipinski definition) is 0. The minimum Gasteiger partial charge on any atom is -0.292 e. The van der Waals surface area contributed by atoms with Gasteiger partial charge >= 0.3 is 0 Å². The third-order valence-corrected chi connectivity index (χ3v) is 5.17. The maximum atomic E-state index is 12.7. The Hall–Kier alpha value is -0.850. The quantitative estimate of drug-likeness (QED) is 0.792. The van der Waals surface area contributed by atoms with Gasteiger partial charge in [-0.25, -0.2) is 4.39 Å². The maximum Gasteiger partial charge on any atom is 0.185 e. The smallest absolute Gasteiger partial charge is 0.185 e. The van der Waals surface area contributed by atoms with E-state index in [1.807, 2.05) is 0 Å². The molecule has 1 aromatic carbocycles. The van der Waals surface area contributed by atoms with Crippen molar-refractivity contribution < 1.29 is 13.4 Å². The Morgan fingerprint density at radius 3 is 2.44 bits per heavy atom. The molecule has 2 nitrogen and oxygen atoms in total. The average molecular weight is 347 g/mol. The molecule has 94 valence electrons. The van der Waals surface area contributed by atoms with Crippen molar-refractivity contribution in [1.29, 1.82) is 0 Å². The fourth-order valence-corrected chi connectivity index (χ4v) is 3.74. The van der Waals surface area contributed by atoms with Gasteiger partial charge < -0.3 is 0 Å². The van der Waals surface area contributed by atoms with Crippen LogP contribution >= 0.6 is 27.3 Å². The van der Waals surface area contributed by atoms with Crippen LogP contribution in [0.1, 0.15) is 9.67 Å². The number of carbonyl (C=O) groups excluding carboxylic acids is 1. The largest absolute Gasteiger partial charge is 0.292 e. The first-order valence-corrected chi connectivity index (χ1v) is 7.91. The van der Waals surface area contributed by atoms with Crippen LogP contribution in [-0.2, 0) is 10.8 Å². The Morgan fingerprint density at radius 2 is 1.89 bits per heavy atom. The van der Waals surface area contributed by atoms with Crippen LogP contribution in [0.3, 0.4) is 0 Å². The molecule has 0 aliphatic rings. The number of Topliss-reactive ketones (excluding diaryl/α,β-unsaturated/α-hetero) is 1. The first-order valence-electron chi connectivity index (χ1n) is 4.99. The predicted molar refractivity (Wildman–Crippen MR) is 74.0 cm³/mol. The molecule has 0 saturated heterocycles. The summed E-state index contributed by atoms with van der Waals surface area (Å²) >= 11 is 4.58. The molecule has 0 saturated carbocycles. The number of benzene rings is 1. The molecule has 0 aliphatic carbocycles. The van der Waals surface area contributed by atoms with E-state index >= 15 is 0 Å². The maximum absolute atomic E-state index is 12.7. The van der Waals surface area contributed by atoms with Crippen molar-refractivity contribution in [1.82, 2.24) is 0 Å². The standard InChI is InChI=1S/C12H8BrFO2S2/c13-12-6-5-11(17-12)10(15)7-18(16)9-3-1-8(14)2-4-9/h1-6H,7H2. The van der Waals surface area contributed by atoms with Crippen LogP contribution in [0.25, 0.3) is 0 Å². The summed E-state index contributed by atoms with van der Waals surface area (Å²) in [7, 11) is -1.44.